The van der Waals surface area contributed by atoms with Gasteiger partial charge < -0.3 is 5.32 Å². The van der Waals surface area contributed by atoms with Gasteiger partial charge in [0.25, 0.3) is 0 Å². The summed E-state index contributed by atoms with van der Waals surface area (Å²) in [7, 11) is 0. The molecule has 3 nitrogen and oxygen atoms in total. The fraction of sp³-hybridized carbons (Fsp3) is 0.438. The number of hydrogen-bond acceptors (Lipinski definition) is 2. The third kappa shape index (κ3) is 2.71. The van der Waals surface area contributed by atoms with Gasteiger partial charge in [0.1, 0.15) is 0 Å². The van der Waals surface area contributed by atoms with Crippen molar-refractivity contribution in [3.05, 3.63) is 48.3 Å². The van der Waals surface area contributed by atoms with E-state index in [0.29, 0.717) is 12.0 Å². The fourth-order valence-electron chi connectivity index (χ4n) is 2.67. The van der Waals surface area contributed by atoms with Crippen LogP contribution in [0.25, 0.3) is 5.69 Å². The highest BCUT2D eigenvalue weighted by atomic mass is 15.3. The van der Waals surface area contributed by atoms with Gasteiger partial charge in [0, 0.05) is 12.2 Å². The second-order valence-corrected chi connectivity index (χ2v) is 5.37. The lowest BCUT2D eigenvalue weighted by atomic mass is 9.77. The molecule has 0 spiro atoms. The first-order valence-electron chi connectivity index (χ1n) is 7.20. The van der Waals surface area contributed by atoms with Crippen LogP contribution >= 0.6 is 0 Å². The van der Waals surface area contributed by atoms with Crippen molar-refractivity contribution in [2.75, 3.05) is 6.54 Å². The van der Waals surface area contributed by atoms with E-state index in [0.717, 1.165) is 12.2 Å². The average Bonchev–Trinajstić information content (AvgIpc) is 2.87. The summed E-state index contributed by atoms with van der Waals surface area (Å²) >= 11 is 0. The number of benzene rings is 1. The van der Waals surface area contributed by atoms with Gasteiger partial charge in [-0.25, -0.2) is 4.68 Å². The molecule has 0 amide bonds. The lowest BCUT2D eigenvalue weighted by Gasteiger charge is -2.35. The highest BCUT2D eigenvalue weighted by Gasteiger charge is 2.30. The van der Waals surface area contributed by atoms with E-state index >= 15 is 0 Å². The minimum absolute atomic E-state index is 0.687. The fourth-order valence-corrected chi connectivity index (χ4v) is 2.67. The van der Waals surface area contributed by atoms with Crippen molar-refractivity contribution in [3.63, 3.8) is 0 Å². The largest absolute Gasteiger partial charge is 0.314 e. The Labute approximate surface area is 114 Å². The number of nitrogens with one attached hydrogen (secondary N) is 1. The summed E-state index contributed by atoms with van der Waals surface area (Å²) in [5.41, 5.74) is 2.51. The normalized spacial score (nSPS) is 22.2. The van der Waals surface area contributed by atoms with E-state index in [1.54, 1.807) is 0 Å². The number of nitrogens with zero attached hydrogens (tertiary/aromatic N) is 2. The molecule has 1 aromatic carbocycles. The van der Waals surface area contributed by atoms with Crippen molar-refractivity contribution in [3.8, 4) is 5.69 Å². The zero-order valence-corrected chi connectivity index (χ0v) is 11.4. The maximum atomic E-state index is 4.47. The number of aromatic nitrogens is 2. The maximum Gasteiger partial charge on any atom is 0.0645 e. The van der Waals surface area contributed by atoms with Crippen LogP contribution in [0.3, 0.4) is 0 Å². The molecule has 1 N–H and O–H groups in total. The topological polar surface area (TPSA) is 29.9 Å². The zero-order valence-electron chi connectivity index (χ0n) is 11.4. The van der Waals surface area contributed by atoms with Crippen LogP contribution in [0.15, 0.2) is 42.7 Å². The summed E-state index contributed by atoms with van der Waals surface area (Å²) in [4.78, 5) is 0. The minimum atomic E-state index is 0.687. The predicted octanol–water partition coefficient (Wildman–Crippen LogP) is 3.12. The lowest BCUT2D eigenvalue weighted by molar-refractivity contribution is 0.292. The highest BCUT2D eigenvalue weighted by molar-refractivity contribution is 5.32. The Morgan fingerprint density at radius 1 is 1.26 bits per heavy atom. The molecule has 3 rings (SSSR count). The van der Waals surface area contributed by atoms with Crippen molar-refractivity contribution >= 4 is 0 Å². The third-order valence-electron chi connectivity index (χ3n) is 3.92. The Kier molecular flexibility index (Phi) is 3.65. The minimum Gasteiger partial charge on any atom is -0.314 e. The third-order valence-corrected chi connectivity index (χ3v) is 3.92. The first-order chi connectivity index (χ1) is 9.36. The van der Waals surface area contributed by atoms with E-state index in [1.165, 1.54) is 24.8 Å². The van der Waals surface area contributed by atoms with Gasteiger partial charge in [-0.1, -0.05) is 25.1 Å². The Bertz CT molecular complexity index is 512. The summed E-state index contributed by atoms with van der Waals surface area (Å²) < 4.78 is 1.97. The molecule has 100 valence electrons. The smallest absolute Gasteiger partial charge is 0.0645 e. The molecule has 1 aliphatic carbocycles. The van der Waals surface area contributed by atoms with Crippen LogP contribution in [0.2, 0.25) is 0 Å². The van der Waals surface area contributed by atoms with E-state index in [2.05, 4.69) is 35.7 Å². The van der Waals surface area contributed by atoms with E-state index in [4.69, 9.17) is 0 Å². The highest BCUT2D eigenvalue weighted by Crippen LogP contribution is 2.36. The molecule has 1 fully saturated rings. The second kappa shape index (κ2) is 5.57. The SMILES string of the molecule is CCCNC1CC(c2cnn(-c3ccccc3)c2)C1. The number of hydrogen-bond donors (Lipinski definition) is 1. The second-order valence-electron chi connectivity index (χ2n) is 5.37. The van der Waals surface area contributed by atoms with E-state index < -0.39 is 0 Å². The van der Waals surface area contributed by atoms with Crippen molar-refractivity contribution < 1.29 is 0 Å². The van der Waals surface area contributed by atoms with E-state index in [9.17, 15) is 0 Å². The van der Waals surface area contributed by atoms with Gasteiger partial charge in [0.2, 0.25) is 0 Å². The number of para-hydroxylation sites is 1. The monoisotopic (exact) mass is 255 g/mol. The van der Waals surface area contributed by atoms with Crippen LogP contribution in [0.5, 0.6) is 0 Å². The molecule has 3 heteroatoms. The molecule has 0 saturated heterocycles. The molecule has 2 aromatic rings. The average molecular weight is 255 g/mol. The van der Waals surface area contributed by atoms with Crippen LogP contribution in [-0.4, -0.2) is 22.4 Å². The Morgan fingerprint density at radius 2 is 2.05 bits per heavy atom. The molecule has 0 unspecified atom stereocenters. The van der Waals surface area contributed by atoms with Crippen molar-refractivity contribution in [1.29, 1.82) is 0 Å². The standard InChI is InChI=1S/C16H21N3/c1-2-8-17-15-9-13(10-15)14-11-18-19(12-14)16-6-4-3-5-7-16/h3-7,11-13,15,17H,2,8-10H2,1H3. The summed E-state index contributed by atoms with van der Waals surface area (Å²) in [5.74, 6) is 0.687. The molecule has 0 aliphatic heterocycles. The maximum absolute atomic E-state index is 4.47. The van der Waals surface area contributed by atoms with Gasteiger partial charge in [-0.15, -0.1) is 0 Å². The van der Waals surface area contributed by atoms with Gasteiger partial charge in [-0.05, 0) is 49.4 Å². The van der Waals surface area contributed by atoms with Crippen molar-refractivity contribution in [1.82, 2.24) is 15.1 Å². The molecule has 1 saturated carbocycles. The molecule has 1 aliphatic rings. The number of rotatable bonds is 5. The summed E-state index contributed by atoms with van der Waals surface area (Å²) in [6.07, 6.45) is 7.91. The summed E-state index contributed by atoms with van der Waals surface area (Å²) in [6.45, 7) is 3.35. The van der Waals surface area contributed by atoms with Crippen LogP contribution in [0.4, 0.5) is 0 Å². The molecule has 1 heterocycles. The first kappa shape index (κ1) is 12.4. The zero-order chi connectivity index (χ0) is 13.1. The van der Waals surface area contributed by atoms with E-state index in [1.807, 2.05) is 29.1 Å². The summed E-state index contributed by atoms with van der Waals surface area (Å²) in [5, 5.41) is 8.05. The van der Waals surface area contributed by atoms with Gasteiger partial charge in [0.15, 0.2) is 0 Å². The van der Waals surface area contributed by atoms with Crippen LogP contribution in [0.1, 0.15) is 37.7 Å². The Morgan fingerprint density at radius 3 is 2.79 bits per heavy atom. The molecule has 19 heavy (non-hydrogen) atoms. The Hall–Kier alpha value is -1.61. The summed E-state index contributed by atoms with van der Waals surface area (Å²) in [6, 6.07) is 11.0. The van der Waals surface area contributed by atoms with Gasteiger partial charge in [0.05, 0.1) is 11.9 Å². The van der Waals surface area contributed by atoms with Crippen LogP contribution < -0.4 is 5.32 Å². The molecular formula is C16H21N3. The first-order valence-corrected chi connectivity index (χ1v) is 7.20. The molecular weight excluding hydrogens is 234 g/mol. The van der Waals surface area contributed by atoms with Crippen LogP contribution in [0, 0.1) is 0 Å². The van der Waals surface area contributed by atoms with Gasteiger partial charge in [-0.3, -0.25) is 0 Å². The lowest BCUT2D eigenvalue weighted by Crippen LogP contribution is -2.40. The van der Waals surface area contributed by atoms with Crippen LogP contribution in [-0.2, 0) is 0 Å². The molecule has 0 radical (unpaired) electrons. The quantitative estimate of drug-likeness (QED) is 0.889. The van der Waals surface area contributed by atoms with Crippen molar-refractivity contribution in [2.24, 2.45) is 0 Å². The van der Waals surface area contributed by atoms with Crippen molar-refractivity contribution in [2.45, 2.75) is 38.1 Å². The Balaban J connectivity index is 1.61. The van der Waals surface area contributed by atoms with E-state index in [-0.39, 0.29) is 0 Å². The van der Waals surface area contributed by atoms with Gasteiger partial charge >= 0.3 is 0 Å². The predicted molar refractivity (Wildman–Crippen MR) is 77.6 cm³/mol. The van der Waals surface area contributed by atoms with Gasteiger partial charge in [-0.2, -0.15) is 5.10 Å². The molecule has 0 atom stereocenters. The molecule has 0 bridgehead atoms. The molecule has 1 aromatic heterocycles.